The highest BCUT2D eigenvalue weighted by Gasteiger charge is 2.64. The zero-order chi connectivity index (χ0) is 21.5. The molecule has 1 saturated carbocycles. The minimum atomic E-state index is -1.33. The maximum absolute atomic E-state index is 14.0. The molecule has 1 amide bonds. The summed E-state index contributed by atoms with van der Waals surface area (Å²) in [6.07, 6.45) is 15.0. The van der Waals surface area contributed by atoms with Crippen molar-refractivity contribution in [1.82, 2.24) is 0 Å². The molecule has 0 bridgehead atoms. The summed E-state index contributed by atoms with van der Waals surface area (Å²) in [4.78, 5) is 14.0. The van der Waals surface area contributed by atoms with E-state index >= 15 is 0 Å². The normalized spacial score (nSPS) is 15.8. The highest BCUT2D eigenvalue weighted by molar-refractivity contribution is 7.78. The molecule has 0 radical (unpaired) electrons. The van der Waals surface area contributed by atoms with Gasteiger partial charge in [-0.25, -0.2) is 0 Å². The molecule has 164 valence electrons. The Morgan fingerprint density at radius 3 is 1.69 bits per heavy atom. The maximum atomic E-state index is 14.0. The van der Waals surface area contributed by atoms with E-state index in [0.29, 0.717) is 5.91 Å². The first-order chi connectivity index (χ1) is 13.9. The van der Waals surface area contributed by atoms with Crippen LogP contribution in [0.5, 0.6) is 0 Å². The topological polar surface area (TPSA) is 29.1 Å². The summed E-state index contributed by atoms with van der Waals surface area (Å²) in [6.45, 7) is 13.3. The number of unbranched alkanes of at least 4 members (excludes halogenated alkanes) is 3. The highest BCUT2D eigenvalue weighted by atomic mass is 31.2. The molecule has 1 fully saturated rings. The van der Waals surface area contributed by atoms with Crippen LogP contribution in [0.25, 0.3) is 0 Å². The van der Waals surface area contributed by atoms with Gasteiger partial charge in [0.1, 0.15) is 0 Å². The van der Waals surface area contributed by atoms with Gasteiger partial charge < -0.3 is 5.32 Å². The van der Waals surface area contributed by atoms with Crippen molar-refractivity contribution in [2.24, 2.45) is 0 Å². The Hall–Kier alpha value is -0.880. The summed E-state index contributed by atoms with van der Waals surface area (Å²) in [5.41, 5.74) is 4.73. The van der Waals surface area contributed by atoms with Gasteiger partial charge in [-0.15, -0.1) is 0 Å². The Kier molecular flexibility index (Phi) is 9.20. The van der Waals surface area contributed by atoms with Crippen molar-refractivity contribution in [3.8, 4) is 0 Å². The van der Waals surface area contributed by atoms with Crippen LogP contribution in [0.4, 0.5) is 5.69 Å². The minimum absolute atomic E-state index is 0.0592. The molecule has 3 heteroatoms. The van der Waals surface area contributed by atoms with Crippen LogP contribution in [0, 0.1) is 20.8 Å². The lowest BCUT2D eigenvalue weighted by Crippen LogP contribution is -2.52. The zero-order valence-electron chi connectivity index (χ0n) is 20.0. The van der Waals surface area contributed by atoms with Crippen LogP contribution in [0.2, 0.25) is 0 Å². The predicted octanol–water partition coefficient (Wildman–Crippen LogP) is 7.89. The van der Waals surface area contributed by atoms with Crippen LogP contribution < -0.4 is 5.32 Å². The van der Waals surface area contributed by atoms with Crippen LogP contribution in [0.3, 0.4) is 0 Å². The molecule has 0 unspecified atom stereocenters. The summed E-state index contributed by atoms with van der Waals surface area (Å²) in [6, 6.07) is 4.40. The summed E-state index contributed by atoms with van der Waals surface area (Å²) in [5.74, 6) is 0.357. The van der Waals surface area contributed by atoms with E-state index in [1.807, 2.05) is 0 Å². The van der Waals surface area contributed by atoms with E-state index < -0.39 is 7.26 Å². The van der Waals surface area contributed by atoms with Crippen molar-refractivity contribution in [2.75, 3.05) is 23.8 Å². The summed E-state index contributed by atoms with van der Waals surface area (Å²) >= 11 is 0. The van der Waals surface area contributed by atoms with Gasteiger partial charge in [0.15, 0.2) is 5.16 Å². The van der Waals surface area contributed by atoms with Gasteiger partial charge in [0, 0.05) is 12.9 Å². The Labute approximate surface area is 181 Å². The lowest BCUT2D eigenvalue weighted by atomic mass is 9.83. The van der Waals surface area contributed by atoms with Crippen molar-refractivity contribution in [2.45, 2.75) is 104 Å². The van der Waals surface area contributed by atoms with Gasteiger partial charge in [-0.1, -0.05) is 57.7 Å². The molecule has 1 aliphatic carbocycles. The number of carbonyl (C=O) groups is 1. The molecule has 0 saturated heterocycles. The molecule has 1 aromatic rings. The predicted molar refractivity (Wildman–Crippen MR) is 132 cm³/mol. The van der Waals surface area contributed by atoms with Gasteiger partial charge in [0.2, 0.25) is 0 Å². The lowest BCUT2D eigenvalue weighted by Gasteiger charge is -2.49. The second-order valence-electron chi connectivity index (χ2n) is 9.49. The third-order valence-corrected chi connectivity index (χ3v) is 13.2. The second-order valence-corrected chi connectivity index (χ2v) is 14.0. The standard InChI is InChI=1S/C26H44NOP/c1-7-10-16-29(17-11-8-2,18-12-9-3)26(14-13-15-26)25(28)27-24-22(5)19-21(4)20-23(24)6/h19-20H,7-18H2,1-6H3/p+1. The molecule has 2 rings (SSSR count). The molecule has 0 spiro atoms. The van der Waals surface area contributed by atoms with Gasteiger partial charge in [-0.3, -0.25) is 4.79 Å². The van der Waals surface area contributed by atoms with Gasteiger partial charge in [-0.05, 0) is 70.4 Å². The van der Waals surface area contributed by atoms with Gasteiger partial charge in [0.05, 0.1) is 18.5 Å². The average molecular weight is 419 g/mol. The van der Waals surface area contributed by atoms with Crippen LogP contribution >= 0.6 is 7.26 Å². The SMILES string of the molecule is CCCC[P+](CCCC)(CCCC)C1(C(=O)Nc2c(C)cc(C)cc2C)CCC1. The number of nitrogens with one attached hydrogen (secondary N) is 1. The fourth-order valence-electron chi connectivity index (χ4n) is 5.40. The molecule has 29 heavy (non-hydrogen) atoms. The summed E-state index contributed by atoms with van der Waals surface area (Å²) in [7, 11) is -1.33. The number of anilines is 1. The van der Waals surface area contributed by atoms with Crippen LogP contribution in [-0.4, -0.2) is 29.5 Å². The lowest BCUT2D eigenvalue weighted by molar-refractivity contribution is -0.120. The van der Waals surface area contributed by atoms with Crippen molar-refractivity contribution in [3.05, 3.63) is 28.8 Å². The van der Waals surface area contributed by atoms with Gasteiger partial charge >= 0.3 is 0 Å². The molecule has 2 nitrogen and oxygen atoms in total. The number of carbonyl (C=O) groups excluding carboxylic acids is 1. The maximum Gasteiger partial charge on any atom is 0.268 e. The smallest absolute Gasteiger partial charge is 0.268 e. The van der Waals surface area contributed by atoms with E-state index in [0.717, 1.165) is 18.5 Å². The average Bonchev–Trinajstić information content (AvgIpc) is 2.64. The van der Waals surface area contributed by atoms with Crippen molar-refractivity contribution in [3.63, 3.8) is 0 Å². The molecular formula is C26H45NOP+. The van der Waals surface area contributed by atoms with Crippen LogP contribution in [0.15, 0.2) is 12.1 Å². The fraction of sp³-hybridized carbons (Fsp3) is 0.731. The summed E-state index contributed by atoms with van der Waals surface area (Å²) < 4.78 is 0. The Morgan fingerprint density at radius 1 is 0.897 bits per heavy atom. The monoisotopic (exact) mass is 418 g/mol. The molecule has 1 aromatic carbocycles. The Balaban J connectivity index is 2.40. The van der Waals surface area contributed by atoms with Gasteiger partial charge in [-0.2, -0.15) is 0 Å². The van der Waals surface area contributed by atoms with E-state index in [1.165, 1.54) is 80.1 Å². The number of rotatable bonds is 12. The van der Waals surface area contributed by atoms with Gasteiger partial charge in [0.25, 0.3) is 5.91 Å². The highest BCUT2D eigenvalue weighted by Crippen LogP contribution is 2.76. The fourth-order valence-corrected chi connectivity index (χ4v) is 11.9. The third-order valence-electron chi connectivity index (χ3n) is 7.25. The molecule has 0 aromatic heterocycles. The number of aryl methyl sites for hydroxylation is 3. The number of benzene rings is 1. The number of hydrogen-bond donors (Lipinski definition) is 1. The Bertz CT molecular complexity index is 633. The largest absolute Gasteiger partial charge is 0.322 e. The molecule has 0 aliphatic heterocycles. The molecule has 0 heterocycles. The molecule has 1 aliphatic rings. The minimum Gasteiger partial charge on any atom is -0.322 e. The molecular weight excluding hydrogens is 373 g/mol. The summed E-state index contributed by atoms with van der Waals surface area (Å²) in [5, 5.41) is 3.41. The second kappa shape index (κ2) is 10.9. The van der Waals surface area contributed by atoms with E-state index in [1.54, 1.807) is 0 Å². The van der Waals surface area contributed by atoms with Crippen molar-refractivity contribution >= 4 is 18.9 Å². The first kappa shape index (κ1) is 24.4. The molecule has 0 atom stereocenters. The van der Waals surface area contributed by atoms with E-state index in [2.05, 4.69) is 59.0 Å². The third kappa shape index (κ3) is 5.25. The first-order valence-corrected chi connectivity index (χ1v) is 14.5. The number of hydrogen-bond acceptors (Lipinski definition) is 1. The zero-order valence-corrected chi connectivity index (χ0v) is 20.9. The quantitative estimate of drug-likeness (QED) is 0.343. The number of amides is 1. The molecule has 1 N–H and O–H groups in total. The Morgan fingerprint density at radius 2 is 1.34 bits per heavy atom. The van der Waals surface area contributed by atoms with Crippen molar-refractivity contribution < 1.29 is 4.79 Å². The van der Waals surface area contributed by atoms with Crippen LogP contribution in [-0.2, 0) is 4.79 Å². The van der Waals surface area contributed by atoms with Crippen LogP contribution in [0.1, 0.15) is 95.2 Å². The van der Waals surface area contributed by atoms with E-state index in [4.69, 9.17) is 0 Å². The van der Waals surface area contributed by atoms with Crippen molar-refractivity contribution in [1.29, 1.82) is 0 Å². The first-order valence-electron chi connectivity index (χ1n) is 12.1. The van der Waals surface area contributed by atoms with E-state index in [9.17, 15) is 4.79 Å². The van der Waals surface area contributed by atoms with E-state index in [-0.39, 0.29) is 5.16 Å².